The maximum atomic E-state index is 14.6. The van der Waals surface area contributed by atoms with Crippen molar-refractivity contribution in [3.8, 4) is 33.9 Å². The first-order chi connectivity index (χ1) is 20.8. The minimum Gasteiger partial charge on any atom is -0.335 e. The van der Waals surface area contributed by atoms with Crippen molar-refractivity contribution in [1.29, 1.82) is 0 Å². The Kier molecular flexibility index (Phi) is 7.18. The highest BCUT2D eigenvalue weighted by molar-refractivity contribution is 7.88. The van der Waals surface area contributed by atoms with Gasteiger partial charge in [0, 0.05) is 40.9 Å². The summed E-state index contributed by atoms with van der Waals surface area (Å²) < 4.78 is 40.1. The number of halogens is 1. The van der Waals surface area contributed by atoms with Crippen LogP contribution < -0.4 is 10.0 Å². The van der Waals surface area contributed by atoms with Gasteiger partial charge in [-0.3, -0.25) is 24.8 Å². The maximum absolute atomic E-state index is 14.6. The van der Waals surface area contributed by atoms with Crippen molar-refractivity contribution in [2.75, 3.05) is 11.6 Å². The molecule has 0 aliphatic heterocycles. The van der Waals surface area contributed by atoms with Crippen molar-refractivity contribution < 1.29 is 17.6 Å². The number of hydrogen-bond donors (Lipinski definition) is 4. The number of nitrogens with one attached hydrogen (secondary N) is 4. The summed E-state index contributed by atoms with van der Waals surface area (Å²) in [5.74, 6) is -0.191. The molecule has 0 unspecified atom stereocenters. The molecule has 12 nitrogen and oxygen atoms in total. The summed E-state index contributed by atoms with van der Waals surface area (Å²) in [6, 6.07) is 7.99. The highest BCUT2D eigenvalue weighted by Crippen LogP contribution is 2.33. The van der Waals surface area contributed by atoms with Crippen molar-refractivity contribution in [2.45, 2.75) is 27.3 Å². The molecule has 0 aliphatic rings. The van der Waals surface area contributed by atoms with Crippen LogP contribution in [0.15, 0.2) is 61.3 Å². The quantitative estimate of drug-likeness (QED) is 0.199. The average molecular weight is 614 g/mol. The van der Waals surface area contributed by atoms with E-state index in [1.165, 1.54) is 12.1 Å². The van der Waals surface area contributed by atoms with Crippen molar-refractivity contribution in [2.24, 2.45) is 5.41 Å². The lowest BCUT2D eigenvalue weighted by atomic mass is 9.95. The fourth-order valence-corrected chi connectivity index (χ4v) is 5.03. The molecule has 0 saturated carbocycles. The zero-order valence-electron chi connectivity index (χ0n) is 24.2. The molecule has 1 aromatic carbocycles. The zero-order chi connectivity index (χ0) is 31.2. The Morgan fingerprint density at radius 1 is 0.955 bits per heavy atom. The summed E-state index contributed by atoms with van der Waals surface area (Å²) >= 11 is 0. The Morgan fingerprint density at radius 2 is 1.75 bits per heavy atom. The van der Waals surface area contributed by atoms with Gasteiger partial charge in [0.05, 0.1) is 52.8 Å². The molecule has 0 radical (unpaired) electrons. The summed E-state index contributed by atoms with van der Waals surface area (Å²) in [5.41, 5.74) is 5.19. The van der Waals surface area contributed by atoms with Crippen LogP contribution >= 0.6 is 0 Å². The van der Waals surface area contributed by atoms with Crippen molar-refractivity contribution >= 4 is 43.6 Å². The van der Waals surface area contributed by atoms with Gasteiger partial charge in [-0.25, -0.2) is 22.5 Å². The van der Waals surface area contributed by atoms with Crippen LogP contribution in [0.25, 0.3) is 55.8 Å². The van der Waals surface area contributed by atoms with Crippen LogP contribution in [0.2, 0.25) is 0 Å². The lowest BCUT2D eigenvalue weighted by molar-refractivity contribution is -0.123. The highest BCUT2D eigenvalue weighted by Gasteiger charge is 2.22. The minimum atomic E-state index is -3.46. The molecule has 4 N–H and O–H groups in total. The van der Waals surface area contributed by atoms with Gasteiger partial charge in [-0.1, -0.05) is 20.8 Å². The Hall–Kier alpha value is -5.08. The number of hydrogen-bond acceptors (Lipinski definition) is 8. The van der Waals surface area contributed by atoms with E-state index in [0.717, 1.165) is 11.6 Å². The second-order valence-corrected chi connectivity index (χ2v) is 13.3. The van der Waals surface area contributed by atoms with E-state index < -0.39 is 21.3 Å². The van der Waals surface area contributed by atoms with E-state index in [2.05, 4.69) is 40.2 Å². The van der Waals surface area contributed by atoms with Gasteiger partial charge < -0.3 is 10.3 Å². The highest BCUT2D eigenvalue weighted by atomic mass is 32.2. The molecule has 0 spiro atoms. The Bertz CT molecular complexity index is 2170. The third kappa shape index (κ3) is 6.02. The Morgan fingerprint density at radius 3 is 2.52 bits per heavy atom. The van der Waals surface area contributed by atoms with Crippen molar-refractivity contribution in [3.63, 3.8) is 0 Å². The summed E-state index contributed by atoms with van der Waals surface area (Å²) in [5, 5.41) is 11.1. The average Bonchev–Trinajstić information content (AvgIpc) is 3.59. The lowest BCUT2D eigenvalue weighted by Gasteiger charge is -2.17. The fourth-order valence-electron chi connectivity index (χ4n) is 4.60. The first kappa shape index (κ1) is 29.0. The number of aromatic amines is 2. The predicted octanol–water partition coefficient (Wildman–Crippen LogP) is 4.80. The van der Waals surface area contributed by atoms with E-state index >= 15 is 0 Å². The molecule has 6 aromatic rings. The predicted molar refractivity (Wildman–Crippen MR) is 165 cm³/mol. The smallest absolute Gasteiger partial charge is 0.229 e. The third-order valence-electron chi connectivity index (χ3n) is 6.85. The van der Waals surface area contributed by atoms with E-state index in [-0.39, 0.29) is 12.5 Å². The third-order valence-corrected chi connectivity index (χ3v) is 7.51. The topological polar surface area (TPSA) is 171 Å². The largest absolute Gasteiger partial charge is 0.335 e. The number of amides is 1. The van der Waals surface area contributed by atoms with Crippen LogP contribution in [0.4, 0.5) is 10.1 Å². The number of sulfonamides is 1. The number of carbonyl (C=O) groups is 1. The van der Waals surface area contributed by atoms with Crippen LogP contribution in [-0.2, 0) is 21.4 Å². The number of nitrogens with zero attached hydrogens (tertiary/aromatic N) is 5. The second kappa shape index (κ2) is 10.9. The number of pyridine rings is 3. The molecule has 5 heterocycles. The van der Waals surface area contributed by atoms with E-state index in [4.69, 9.17) is 4.98 Å². The molecule has 0 atom stereocenters. The number of benzene rings is 1. The monoisotopic (exact) mass is 613 g/mol. The second-order valence-electron chi connectivity index (χ2n) is 11.5. The van der Waals surface area contributed by atoms with Crippen LogP contribution in [0, 0.1) is 11.2 Å². The SMILES string of the molecule is CC(C)(C)C(=O)Nc1cncc(-c2cc3c(-c4nc5c(-c6cc(F)cc(CNS(C)(=O)=O)c6)cncc5[nH]4)n[nH]c3cn2)c1. The number of aromatic nitrogens is 7. The van der Waals surface area contributed by atoms with Gasteiger partial charge in [-0.15, -0.1) is 0 Å². The van der Waals surface area contributed by atoms with Crippen LogP contribution in [0.5, 0.6) is 0 Å². The van der Waals surface area contributed by atoms with E-state index in [9.17, 15) is 17.6 Å². The summed E-state index contributed by atoms with van der Waals surface area (Å²) in [6.45, 7) is 5.44. The Labute approximate surface area is 251 Å². The molecule has 0 fully saturated rings. The molecule has 0 bridgehead atoms. The lowest BCUT2D eigenvalue weighted by Crippen LogP contribution is -2.27. The standard InChI is InChI=1S/C30H28FN9O3S/c1-30(2,3)29(41)36-20-8-18(11-32-12-20)23-9-21-24(15-34-23)39-40-27(21)28-37-25-14-33-13-22(26(25)38-28)17-5-16(6-19(31)7-17)10-35-44(4,42)43/h5-9,11-15,35H,10H2,1-4H3,(H,36,41)(H,37,38)(H,39,40). The van der Waals surface area contributed by atoms with Gasteiger partial charge in [-0.2, -0.15) is 5.10 Å². The van der Waals surface area contributed by atoms with E-state index in [1.54, 1.807) is 37.1 Å². The minimum absolute atomic E-state index is 0.0597. The molecular formula is C30H28FN9O3S. The number of H-pyrrole nitrogens is 2. The van der Waals surface area contributed by atoms with E-state index in [1.807, 2.05) is 32.9 Å². The van der Waals surface area contributed by atoms with Gasteiger partial charge >= 0.3 is 0 Å². The molecule has 14 heteroatoms. The number of imidazole rings is 1. The van der Waals surface area contributed by atoms with E-state index in [0.29, 0.717) is 61.7 Å². The normalized spacial score (nSPS) is 12.2. The van der Waals surface area contributed by atoms with Gasteiger partial charge in [0.15, 0.2) is 5.82 Å². The van der Waals surface area contributed by atoms with Gasteiger partial charge in [-0.05, 0) is 41.5 Å². The molecule has 224 valence electrons. The molecule has 1 amide bonds. The number of rotatable bonds is 7. The van der Waals surface area contributed by atoms with Gasteiger partial charge in [0.2, 0.25) is 15.9 Å². The van der Waals surface area contributed by atoms with Gasteiger partial charge in [0.1, 0.15) is 11.5 Å². The molecule has 6 rings (SSSR count). The fraction of sp³-hybridized carbons (Fsp3) is 0.200. The summed E-state index contributed by atoms with van der Waals surface area (Å²) in [4.78, 5) is 33.7. The molecular weight excluding hydrogens is 585 g/mol. The molecule has 44 heavy (non-hydrogen) atoms. The number of carbonyl (C=O) groups excluding carboxylic acids is 1. The summed E-state index contributed by atoms with van der Waals surface area (Å²) in [7, 11) is -3.46. The zero-order valence-corrected chi connectivity index (χ0v) is 25.0. The Balaban J connectivity index is 1.37. The number of anilines is 1. The van der Waals surface area contributed by atoms with Crippen LogP contribution in [0.1, 0.15) is 26.3 Å². The molecule has 0 saturated heterocycles. The first-order valence-electron chi connectivity index (χ1n) is 13.5. The summed E-state index contributed by atoms with van der Waals surface area (Å²) in [6.07, 6.45) is 9.15. The van der Waals surface area contributed by atoms with Crippen LogP contribution in [0.3, 0.4) is 0 Å². The van der Waals surface area contributed by atoms with Crippen molar-refractivity contribution in [3.05, 3.63) is 72.7 Å². The molecule has 5 aromatic heterocycles. The van der Waals surface area contributed by atoms with Crippen molar-refractivity contribution in [1.82, 2.24) is 39.8 Å². The molecule has 0 aliphatic carbocycles. The number of fused-ring (bicyclic) bond motifs is 2. The van der Waals surface area contributed by atoms with Gasteiger partial charge in [0.25, 0.3) is 0 Å². The maximum Gasteiger partial charge on any atom is 0.229 e. The first-order valence-corrected chi connectivity index (χ1v) is 15.4. The van der Waals surface area contributed by atoms with Crippen LogP contribution in [-0.4, -0.2) is 55.7 Å².